The molecule has 2 nitrogen and oxygen atoms in total. The molecule has 1 atom stereocenters. The summed E-state index contributed by atoms with van der Waals surface area (Å²) in [5.74, 6) is 1.89. The maximum atomic E-state index is 3.83. The first-order chi connectivity index (χ1) is 9.21. The molecule has 0 amide bonds. The van der Waals surface area contributed by atoms with Crippen LogP contribution in [0.3, 0.4) is 0 Å². The molecule has 0 radical (unpaired) electrons. The van der Waals surface area contributed by atoms with E-state index in [1.807, 2.05) is 0 Å². The molecule has 0 heterocycles. The van der Waals surface area contributed by atoms with E-state index < -0.39 is 0 Å². The Balaban J connectivity index is 2.41. The van der Waals surface area contributed by atoms with Crippen LogP contribution in [0.4, 0.5) is 0 Å². The minimum atomic E-state index is 0.757. The van der Waals surface area contributed by atoms with Crippen molar-refractivity contribution in [3.63, 3.8) is 0 Å². The molecular weight excluding hydrogens is 232 g/mol. The molecule has 1 aliphatic rings. The maximum absolute atomic E-state index is 3.83. The SMILES string of the molecule is CCCNC(CCN(CC)CC)C1CCC(C)CC1. The van der Waals surface area contributed by atoms with Crippen LogP contribution in [-0.4, -0.2) is 37.1 Å². The Morgan fingerprint density at radius 2 is 1.68 bits per heavy atom. The summed E-state index contributed by atoms with van der Waals surface area (Å²) >= 11 is 0. The lowest BCUT2D eigenvalue weighted by Gasteiger charge is -2.34. The second kappa shape index (κ2) is 9.77. The number of nitrogens with one attached hydrogen (secondary N) is 1. The number of hydrogen-bond acceptors (Lipinski definition) is 2. The van der Waals surface area contributed by atoms with Crippen molar-refractivity contribution in [2.45, 2.75) is 72.3 Å². The van der Waals surface area contributed by atoms with E-state index in [0.29, 0.717) is 0 Å². The fraction of sp³-hybridized carbons (Fsp3) is 1.00. The van der Waals surface area contributed by atoms with Gasteiger partial charge in [-0.1, -0.05) is 40.5 Å². The average molecular weight is 268 g/mol. The predicted molar refractivity (Wildman–Crippen MR) is 85.6 cm³/mol. The van der Waals surface area contributed by atoms with E-state index in [4.69, 9.17) is 0 Å². The van der Waals surface area contributed by atoms with E-state index in [2.05, 4.69) is 37.9 Å². The quantitative estimate of drug-likeness (QED) is 0.682. The summed E-state index contributed by atoms with van der Waals surface area (Å²) in [4.78, 5) is 2.56. The zero-order valence-electron chi connectivity index (χ0n) is 13.8. The molecule has 0 aromatic rings. The first-order valence-corrected chi connectivity index (χ1v) is 8.66. The van der Waals surface area contributed by atoms with Crippen molar-refractivity contribution in [2.24, 2.45) is 11.8 Å². The van der Waals surface area contributed by atoms with Gasteiger partial charge in [0.15, 0.2) is 0 Å². The lowest BCUT2D eigenvalue weighted by molar-refractivity contribution is 0.200. The molecule has 1 N–H and O–H groups in total. The molecule has 2 heteroatoms. The van der Waals surface area contributed by atoms with Gasteiger partial charge in [-0.25, -0.2) is 0 Å². The Hall–Kier alpha value is -0.0800. The number of nitrogens with zero attached hydrogens (tertiary/aromatic N) is 1. The van der Waals surface area contributed by atoms with Gasteiger partial charge < -0.3 is 10.2 Å². The molecular formula is C17H36N2. The van der Waals surface area contributed by atoms with Crippen LogP contribution in [-0.2, 0) is 0 Å². The first kappa shape index (κ1) is 17.0. The Kier molecular flexibility index (Phi) is 8.72. The summed E-state index contributed by atoms with van der Waals surface area (Å²) in [5, 5.41) is 3.83. The highest BCUT2D eigenvalue weighted by Gasteiger charge is 2.25. The highest BCUT2D eigenvalue weighted by Crippen LogP contribution is 2.31. The standard InChI is InChI=1S/C17H36N2/c1-5-13-18-17(12-14-19(6-2)7-3)16-10-8-15(4)9-11-16/h15-18H,5-14H2,1-4H3. The van der Waals surface area contributed by atoms with Crippen molar-refractivity contribution in [1.29, 1.82) is 0 Å². The molecule has 1 aliphatic carbocycles. The van der Waals surface area contributed by atoms with E-state index in [1.54, 1.807) is 0 Å². The minimum Gasteiger partial charge on any atom is -0.314 e. The fourth-order valence-electron chi connectivity index (χ4n) is 3.38. The molecule has 19 heavy (non-hydrogen) atoms. The first-order valence-electron chi connectivity index (χ1n) is 8.66. The van der Waals surface area contributed by atoms with Crippen LogP contribution >= 0.6 is 0 Å². The second-order valence-electron chi connectivity index (χ2n) is 6.40. The van der Waals surface area contributed by atoms with E-state index in [1.165, 1.54) is 64.7 Å². The normalized spacial score (nSPS) is 25.7. The van der Waals surface area contributed by atoms with Gasteiger partial charge in [-0.05, 0) is 63.7 Å². The molecule has 1 rings (SSSR count). The summed E-state index contributed by atoms with van der Waals surface area (Å²) < 4.78 is 0. The molecule has 0 aliphatic heterocycles. The zero-order chi connectivity index (χ0) is 14.1. The van der Waals surface area contributed by atoms with Crippen molar-refractivity contribution < 1.29 is 0 Å². The average Bonchev–Trinajstić information content (AvgIpc) is 2.44. The molecule has 1 fully saturated rings. The summed E-state index contributed by atoms with van der Waals surface area (Å²) in [6.45, 7) is 14.1. The van der Waals surface area contributed by atoms with Crippen LogP contribution in [0.2, 0.25) is 0 Å². The molecule has 114 valence electrons. The van der Waals surface area contributed by atoms with Gasteiger partial charge in [0.1, 0.15) is 0 Å². The van der Waals surface area contributed by atoms with Crippen molar-refractivity contribution >= 4 is 0 Å². The van der Waals surface area contributed by atoms with Gasteiger partial charge in [0.25, 0.3) is 0 Å². The van der Waals surface area contributed by atoms with Crippen molar-refractivity contribution in [2.75, 3.05) is 26.2 Å². The lowest BCUT2D eigenvalue weighted by atomic mass is 9.78. The van der Waals surface area contributed by atoms with Crippen LogP contribution in [0.25, 0.3) is 0 Å². The monoisotopic (exact) mass is 268 g/mol. The molecule has 0 bridgehead atoms. The molecule has 0 aromatic heterocycles. The lowest BCUT2D eigenvalue weighted by Crippen LogP contribution is -2.41. The van der Waals surface area contributed by atoms with Crippen molar-refractivity contribution in [1.82, 2.24) is 10.2 Å². The van der Waals surface area contributed by atoms with E-state index in [9.17, 15) is 0 Å². The molecule has 0 saturated heterocycles. The number of rotatable bonds is 9. The topological polar surface area (TPSA) is 15.3 Å². The largest absolute Gasteiger partial charge is 0.314 e. The Labute approximate surface area is 121 Å². The van der Waals surface area contributed by atoms with Crippen LogP contribution in [0, 0.1) is 11.8 Å². The zero-order valence-corrected chi connectivity index (χ0v) is 13.8. The van der Waals surface area contributed by atoms with E-state index in [-0.39, 0.29) is 0 Å². The van der Waals surface area contributed by atoms with Gasteiger partial charge in [0.2, 0.25) is 0 Å². The van der Waals surface area contributed by atoms with Gasteiger partial charge in [0.05, 0.1) is 0 Å². The molecule has 0 aromatic carbocycles. The van der Waals surface area contributed by atoms with Crippen molar-refractivity contribution in [3.8, 4) is 0 Å². The molecule has 1 saturated carbocycles. The van der Waals surface area contributed by atoms with E-state index >= 15 is 0 Å². The number of hydrogen-bond donors (Lipinski definition) is 1. The third-order valence-corrected chi connectivity index (χ3v) is 4.94. The third-order valence-electron chi connectivity index (χ3n) is 4.94. The van der Waals surface area contributed by atoms with Gasteiger partial charge in [-0.2, -0.15) is 0 Å². The highest BCUT2D eigenvalue weighted by atomic mass is 15.1. The van der Waals surface area contributed by atoms with Gasteiger partial charge in [0, 0.05) is 6.04 Å². The van der Waals surface area contributed by atoms with Crippen LogP contribution in [0.15, 0.2) is 0 Å². The highest BCUT2D eigenvalue weighted by molar-refractivity contribution is 4.81. The van der Waals surface area contributed by atoms with Crippen molar-refractivity contribution in [3.05, 3.63) is 0 Å². The Morgan fingerprint density at radius 1 is 1.05 bits per heavy atom. The Bertz CT molecular complexity index is 205. The minimum absolute atomic E-state index is 0.757. The van der Waals surface area contributed by atoms with Crippen LogP contribution < -0.4 is 5.32 Å². The summed E-state index contributed by atoms with van der Waals surface area (Å²) in [6.07, 6.45) is 8.37. The Morgan fingerprint density at radius 3 is 2.21 bits per heavy atom. The van der Waals surface area contributed by atoms with Gasteiger partial charge >= 0.3 is 0 Å². The van der Waals surface area contributed by atoms with Gasteiger partial charge in [-0.3, -0.25) is 0 Å². The van der Waals surface area contributed by atoms with E-state index in [0.717, 1.165) is 17.9 Å². The summed E-state index contributed by atoms with van der Waals surface area (Å²) in [6, 6.07) is 0.757. The molecule has 1 unspecified atom stereocenters. The molecule has 0 spiro atoms. The predicted octanol–water partition coefficient (Wildman–Crippen LogP) is 3.91. The third kappa shape index (κ3) is 6.27. The van der Waals surface area contributed by atoms with Gasteiger partial charge in [-0.15, -0.1) is 0 Å². The smallest absolute Gasteiger partial charge is 0.0107 e. The van der Waals surface area contributed by atoms with Crippen LogP contribution in [0.1, 0.15) is 66.2 Å². The summed E-state index contributed by atoms with van der Waals surface area (Å²) in [7, 11) is 0. The van der Waals surface area contributed by atoms with Crippen LogP contribution in [0.5, 0.6) is 0 Å². The summed E-state index contributed by atoms with van der Waals surface area (Å²) in [5.41, 5.74) is 0. The maximum Gasteiger partial charge on any atom is 0.0107 e. The fourth-order valence-corrected chi connectivity index (χ4v) is 3.38. The second-order valence-corrected chi connectivity index (χ2v) is 6.40.